The molecule has 3 aromatic rings. The van der Waals surface area contributed by atoms with Crippen LogP contribution in [-0.2, 0) is 0 Å². The molecule has 0 atom stereocenters. The molecule has 10 nitrogen and oxygen atoms in total. The smallest absolute Gasteiger partial charge is 0.371 e. The van der Waals surface area contributed by atoms with Gasteiger partial charge in [-0.3, -0.25) is 10.1 Å². The van der Waals surface area contributed by atoms with Crippen molar-refractivity contribution in [1.29, 1.82) is 0 Å². The van der Waals surface area contributed by atoms with Gasteiger partial charge in [0.25, 0.3) is 5.89 Å². The van der Waals surface area contributed by atoms with E-state index in [1.165, 1.54) is 6.07 Å². The molecule has 0 saturated carbocycles. The third kappa shape index (κ3) is 2.54. The van der Waals surface area contributed by atoms with Crippen LogP contribution in [0.5, 0.6) is 11.5 Å². The summed E-state index contributed by atoms with van der Waals surface area (Å²) >= 11 is 0. The number of pyridine rings is 1. The second-order valence-electron chi connectivity index (χ2n) is 4.61. The van der Waals surface area contributed by atoms with Gasteiger partial charge in [-0.1, -0.05) is 5.16 Å². The van der Waals surface area contributed by atoms with Crippen LogP contribution in [0.3, 0.4) is 0 Å². The molecule has 0 aliphatic carbocycles. The number of hydrogen-bond acceptors (Lipinski definition) is 8. The van der Waals surface area contributed by atoms with E-state index in [1.54, 1.807) is 0 Å². The van der Waals surface area contributed by atoms with E-state index < -0.39 is 28.1 Å². The maximum atomic E-state index is 13.3. The second-order valence-corrected chi connectivity index (χ2v) is 4.61. The highest BCUT2D eigenvalue weighted by molar-refractivity contribution is 5.69. The van der Waals surface area contributed by atoms with Crippen molar-refractivity contribution in [3.63, 3.8) is 0 Å². The molecule has 2 N–H and O–H groups in total. The highest BCUT2D eigenvalue weighted by atomic mass is 19.1. The number of phenolic OH excluding ortho intramolecular Hbond substituents is 2. The summed E-state index contributed by atoms with van der Waals surface area (Å²) in [4.78, 5) is 13.9. The molecule has 0 aliphatic heterocycles. The van der Waals surface area contributed by atoms with Gasteiger partial charge in [0, 0.05) is 17.7 Å². The van der Waals surface area contributed by atoms with Crippen molar-refractivity contribution >= 4 is 5.69 Å². The molecule has 0 spiro atoms. The molecular weight excluding hydrogens is 327 g/mol. The fourth-order valence-corrected chi connectivity index (χ4v) is 1.92. The van der Waals surface area contributed by atoms with Crippen molar-refractivity contribution in [2.75, 3.05) is 0 Å². The second kappa shape index (κ2) is 5.46. The van der Waals surface area contributed by atoms with Crippen molar-refractivity contribution in [3.05, 3.63) is 51.7 Å². The lowest BCUT2D eigenvalue weighted by atomic mass is 10.1. The summed E-state index contributed by atoms with van der Waals surface area (Å²) in [5, 5.41) is 44.4. The molecular formula is C13H7FN4O6. The summed E-state index contributed by atoms with van der Waals surface area (Å²) in [5.41, 5.74) is -0.618. The van der Waals surface area contributed by atoms with Crippen molar-refractivity contribution in [2.45, 2.75) is 0 Å². The van der Waals surface area contributed by atoms with Gasteiger partial charge in [-0.25, -0.2) is 0 Å². The Kier molecular flexibility index (Phi) is 3.45. The van der Waals surface area contributed by atoms with Crippen molar-refractivity contribution in [2.24, 2.45) is 0 Å². The number of aromatic hydroxyl groups is 2. The molecule has 0 unspecified atom stereocenters. The van der Waals surface area contributed by atoms with Crippen LogP contribution in [0.15, 0.2) is 35.0 Å². The van der Waals surface area contributed by atoms with E-state index in [0.29, 0.717) is 0 Å². The van der Waals surface area contributed by atoms with E-state index >= 15 is 0 Å². The molecule has 11 heteroatoms. The molecule has 2 heterocycles. The van der Waals surface area contributed by atoms with E-state index in [9.17, 15) is 29.9 Å². The lowest BCUT2D eigenvalue weighted by Gasteiger charge is -2.01. The van der Waals surface area contributed by atoms with Gasteiger partial charge >= 0.3 is 11.6 Å². The quantitative estimate of drug-likeness (QED) is 0.183. The van der Waals surface area contributed by atoms with Gasteiger partial charge in [-0.15, -0.1) is 9.12 Å². The Morgan fingerprint density at radius 1 is 1.25 bits per heavy atom. The first-order valence-corrected chi connectivity index (χ1v) is 6.30. The third-order valence-electron chi connectivity index (χ3n) is 3.07. The molecule has 2 aromatic heterocycles. The van der Waals surface area contributed by atoms with E-state index in [-0.39, 0.29) is 27.6 Å². The predicted octanol–water partition coefficient (Wildman–Crippen LogP) is 1.50. The molecule has 24 heavy (non-hydrogen) atoms. The SMILES string of the molecule is O=[N+]([O-])c1cc(-c2noc(-c3cc[n+]([O-])c(F)c3)n2)cc(O)c1O. The van der Waals surface area contributed by atoms with Crippen LogP contribution in [0.25, 0.3) is 22.8 Å². The van der Waals surface area contributed by atoms with Crippen LogP contribution in [0.1, 0.15) is 0 Å². The minimum Gasteiger partial charge on any atom is -0.617 e. The number of nitrogens with zero attached hydrogens (tertiary/aromatic N) is 4. The van der Waals surface area contributed by atoms with Crippen LogP contribution in [-0.4, -0.2) is 25.3 Å². The van der Waals surface area contributed by atoms with Crippen LogP contribution < -0.4 is 4.73 Å². The average molecular weight is 334 g/mol. The Labute approximate surface area is 131 Å². The van der Waals surface area contributed by atoms with E-state index in [0.717, 1.165) is 24.4 Å². The molecule has 0 fully saturated rings. The first-order valence-electron chi connectivity index (χ1n) is 6.30. The van der Waals surface area contributed by atoms with Crippen molar-refractivity contribution in [1.82, 2.24) is 10.1 Å². The average Bonchev–Trinajstić information content (AvgIpc) is 3.02. The van der Waals surface area contributed by atoms with Crippen LogP contribution in [0.4, 0.5) is 10.1 Å². The van der Waals surface area contributed by atoms with Crippen molar-refractivity contribution < 1.29 is 28.8 Å². The summed E-state index contributed by atoms with van der Waals surface area (Å²) in [6.45, 7) is 0. The standard InChI is InChI=1S/C13H7FN4O6/c14-10-5-6(1-2-17(10)21)13-15-12(16-24-13)7-3-8(18(22)23)11(20)9(19)4-7/h1-5,19-20H. The van der Waals surface area contributed by atoms with E-state index in [1.807, 2.05) is 0 Å². The first-order chi connectivity index (χ1) is 11.4. The monoisotopic (exact) mass is 334 g/mol. The summed E-state index contributed by atoms with van der Waals surface area (Å²) < 4.78 is 18.2. The maximum absolute atomic E-state index is 13.3. The summed E-state index contributed by atoms with van der Waals surface area (Å²) in [7, 11) is 0. The number of hydrogen-bond donors (Lipinski definition) is 2. The Morgan fingerprint density at radius 2 is 2.00 bits per heavy atom. The Balaban J connectivity index is 2.05. The van der Waals surface area contributed by atoms with Crippen LogP contribution >= 0.6 is 0 Å². The Morgan fingerprint density at radius 3 is 2.67 bits per heavy atom. The highest BCUT2D eigenvalue weighted by Gasteiger charge is 2.22. The molecule has 122 valence electrons. The molecule has 0 radical (unpaired) electrons. The highest BCUT2D eigenvalue weighted by Crippen LogP contribution is 2.38. The molecule has 0 amide bonds. The lowest BCUT2D eigenvalue weighted by molar-refractivity contribution is -0.637. The van der Waals surface area contributed by atoms with Gasteiger partial charge in [0.2, 0.25) is 11.6 Å². The molecule has 0 aliphatic rings. The fourth-order valence-electron chi connectivity index (χ4n) is 1.92. The van der Waals surface area contributed by atoms with Gasteiger partial charge in [-0.05, 0) is 6.07 Å². The van der Waals surface area contributed by atoms with Crippen LogP contribution in [0, 0.1) is 21.3 Å². The molecule has 1 aromatic carbocycles. The summed E-state index contributed by atoms with van der Waals surface area (Å²) in [6, 6.07) is 4.07. The van der Waals surface area contributed by atoms with Crippen molar-refractivity contribution in [3.8, 4) is 34.3 Å². The molecule has 3 rings (SSSR count). The van der Waals surface area contributed by atoms with E-state index in [4.69, 9.17) is 4.52 Å². The zero-order valence-electron chi connectivity index (χ0n) is 11.6. The summed E-state index contributed by atoms with van der Waals surface area (Å²) in [5.74, 6) is -2.98. The third-order valence-corrected chi connectivity index (χ3v) is 3.07. The topological polar surface area (TPSA) is 149 Å². The van der Waals surface area contributed by atoms with Gasteiger partial charge in [0.15, 0.2) is 11.9 Å². The summed E-state index contributed by atoms with van der Waals surface area (Å²) in [6.07, 6.45) is 0.908. The minimum atomic E-state index is -1.08. The molecule has 0 saturated heterocycles. The number of halogens is 1. The van der Waals surface area contributed by atoms with E-state index in [2.05, 4.69) is 10.1 Å². The van der Waals surface area contributed by atoms with Crippen LogP contribution in [0.2, 0.25) is 0 Å². The first kappa shape index (κ1) is 15.1. The minimum absolute atomic E-state index is 0.00212. The zero-order chi connectivity index (χ0) is 17.4. The number of nitro benzene ring substituents is 1. The number of rotatable bonds is 3. The van der Waals surface area contributed by atoms with Gasteiger partial charge in [0.1, 0.15) is 0 Å². The number of phenols is 2. The van der Waals surface area contributed by atoms with Gasteiger partial charge in [-0.2, -0.15) is 4.98 Å². The number of benzene rings is 1. The zero-order valence-corrected chi connectivity index (χ0v) is 11.6. The Hall–Kier alpha value is -3.76. The normalized spacial score (nSPS) is 10.7. The number of nitro groups is 1. The fraction of sp³-hybridized carbons (Fsp3) is 0. The maximum Gasteiger partial charge on any atom is 0.371 e. The van der Waals surface area contributed by atoms with Gasteiger partial charge in [0.05, 0.1) is 16.6 Å². The molecule has 0 bridgehead atoms. The Bertz CT molecular complexity index is 958. The van der Waals surface area contributed by atoms with Gasteiger partial charge < -0.3 is 19.9 Å². The number of aromatic nitrogens is 3. The predicted molar refractivity (Wildman–Crippen MR) is 74.1 cm³/mol. The lowest BCUT2D eigenvalue weighted by Crippen LogP contribution is -2.29. The largest absolute Gasteiger partial charge is 0.617 e.